The molecular formula is C16H27NO2. The first kappa shape index (κ1) is 16.2. The van der Waals surface area contributed by atoms with Crippen molar-refractivity contribution in [3.8, 4) is 0 Å². The second-order valence-electron chi connectivity index (χ2n) is 5.31. The number of aliphatic hydroxyl groups is 1. The van der Waals surface area contributed by atoms with Crippen molar-refractivity contribution in [2.24, 2.45) is 0 Å². The minimum Gasteiger partial charge on any atom is -0.394 e. The number of nitrogens with one attached hydrogen (secondary N) is 1. The van der Waals surface area contributed by atoms with Gasteiger partial charge in [0.15, 0.2) is 0 Å². The molecule has 1 atom stereocenters. The molecule has 2 N–H and O–H groups in total. The van der Waals surface area contributed by atoms with Crippen molar-refractivity contribution in [1.29, 1.82) is 0 Å². The molecule has 0 fully saturated rings. The molecule has 0 aliphatic carbocycles. The highest BCUT2D eigenvalue weighted by Crippen LogP contribution is 2.22. The van der Waals surface area contributed by atoms with E-state index in [0.717, 1.165) is 25.0 Å². The Balaban J connectivity index is 2.82. The first-order valence-corrected chi connectivity index (χ1v) is 7.16. The van der Waals surface area contributed by atoms with E-state index < -0.39 is 5.54 Å². The lowest BCUT2D eigenvalue weighted by Gasteiger charge is -2.35. The van der Waals surface area contributed by atoms with Crippen LogP contribution >= 0.6 is 0 Å². The summed E-state index contributed by atoms with van der Waals surface area (Å²) in [7, 11) is 0. The molecule has 1 rings (SSSR count). The number of hydrogen-bond donors (Lipinski definition) is 2. The van der Waals surface area contributed by atoms with Crippen LogP contribution in [0.1, 0.15) is 39.2 Å². The highest BCUT2D eigenvalue weighted by Gasteiger charge is 2.32. The maximum absolute atomic E-state index is 9.89. The Labute approximate surface area is 117 Å². The van der Waals surface area contributed by atoms with Crippen molar-refractivity contribution in [2.75, 3.05) is 19.8 Å². The Morgan fingerprint density at radius 2 is 1.95 bits per heavy atom. The van der Waals surface area contributed by atoms with Crippen LogP contribution in [0.4, 0.5) is 0 Å². The molecular weight excluding hydrogens is 238 g/mol. The van der Waals surface area contributed by atoms with Crippen molar-refractivity contribution in [2.45, 2.75) is 45.2 Å². The van der Waals surface area contributed by atoms with Gasteiger partial charge in [-0.3, -0.25) is 0 Å². The Bertz CT molecular complexity index is 340. The molecule has 0 aromatic heterocycles. The number of aliphatic hydroxyl groups excluding tert-OH is 1. The third-order valence-electron chi connectivity index (χ3n) is 3.15. The maximum Gasteiger partial charge on any atom is 0.0907 e. The number of benzene rings is 1. The van der Waals surface area contributed by atoms with Crippen LogP contribution in [-0.4, -0.2) is 31.0 Å². The second kappa shape index (κ2) is 8.31. The smallest absolute Gasteiger partial charge is 0.0907 e. The van der Waals surface area contributed by atoms with Crippen LogP contribution < -0.4 is 5.32 Å². The van der Waals surface area contributed by atoms with Crippen molar-refractivity contribution in [3.05, 3.63) is 35.9 Å². The molecule has 0 aliphatic rings. The zero-order valence-corrected chi connectivity index (χ0v) is 12.4. The lowest BCUT2D eigenvalue weighted by Crippen LogP contribution is -2.52. The van der Waals surface area contributed by atoms with Crippen LogP contribution in [0.2, 0.25) is 0 Å². The average molecular weight is 265 g/mol. The highest BCUT2D eigenvalue weighted by molar-refractivity contribution is 5.25. The maximum atomic E-state index is 9.89. The van der Waals surface area contributed by atoms with Crippen LogP contribution in [-0.2, 0) is 10.3 Å². The summed E-state index contributed by atoms with van der Waals surface area (Å²) in [5, 5.41) is 13.4. The van der Waals surface area contributed by atoms with Crippen LogP contribution in [0.25, 0.3) is 0 Å². The molecule has 108 valence electrons. The zero-order valence-electron chi connectivity index (χ0n) is 12.4. The molecule has 1 aromatic carbocycles. The summed E-state index contributed by atoms with van der Waals surface area (Å²) in [4.78, 5) is 0. The Kier molecular flexibility index (Phi) is 7.06. The molecule has 1 aromatic rings. The summed E-state index contributed by atoms with van der Waals surface area (Å²) in [5.74, 6) is 0. The van der Waals surface area contributed by atoms with E-state index in [1.807, 2.05) is 30.3 Å². The van der Waals surface area contributed by atoms with E-state index >= 15 is 0 Å². The molecule has 3 nitrogen and oxygen atoms in total. The second-order valence-corrected chi connectivity index (χ2v) is 5.31. The molecule has 3 heteroatoms. The van der Waals surface area contributed by atoms with E-state index in [1.165, 1.54) is 0 Å². The van der Waals surface area contributed by atoms with Crippen LogP contribution in [0.3, 0.4) is 0 Å². The van der Waals surface area contributed by atoms with Gasteiger partial charge in [-0.1, -0.05) is 43.7 Å². The third-order valence-corrected chi connectivity index (χ3v) is 3.15. The standard InChI is InChI=1S/C16H27NO2/c1-4-5-11-19-13-16(12-18,17-14(2)3)15-9-7-6-8-10-15/h6-10,14,17-18H,4-5,11-13H2,1-3H3. The summed E-state index contributed by atoms with van der Waals surface area (Å²) in [6.45, 7) is 7.57. The van der Waals surface area contributed by atoms with Crippen molar-refractivity contribution >= 4 is 0 Å². The Hall–Kier alpha value is -0.900. The van der Waals surface area contributed by atoms with Crippen molar-refractivity contribution in [1.82, 2.24) is 5.32 Å². The topological polar surface area (TPSA) is 41.5 Å². The van der Waals surface area contributed by atoms with Crippen LogP contribution in [0.5, 0.6) is 0 Å². The minimum absolute atomic E-state index is 0.0291. The minimum atomic E-state index is -0.511. The van der Waals surface area contributed by atoms with E-state index in [4.69, 9.17) is 4.74 Å². The first-order chi connectivity index (χ1) is 9.14. The Morgan fingerprint density at radius 1 is 1.26 bits per heavy atom. The molecule has 19 heavy (non-hydrogen) atoms. The van der Waals surface area contributed by atoms with Gasteiger partial charge in [-0.2, -0.15) is 0 Å². The Morgan fingerprint density at radius 3 is 2.47 bits per heavy atom. The number of unbranched alkanes of at least 4 members (excludes halogenated alkanes) is 1. The van der Waals surface area contributed by atoms with E-state index in [0.29, 0.717) is 6.61 Å². The van der Waals surface area contributed by atoms with E-state index in [9.17, 15) is 5.11 Å². The third kappa shape index (κ3) is 4.94. The summed E-state index contributed by atoms with van der Waals surface area (Å²) in [5.41, 5.74) is 0.561. The fraction of sp³-hybridized carbons (Fsp3) is 0.625. The number of rotatable bonds is 9. The molecule has 0 saturated carbocycles. The van der Waals surface area contributed by atoms with Gasteiger partial charge < -0.3 is 15.2 Å². The molecule has 1 unspecified atom stereocenters. The normalized spacial score (nSPS) is 14.6. The van der Waals surface area contributed by atoms with E-state index in [2.05, 4.69) is 26.1 Å². The van der Waals surface area contributed by atoms with E-state index in [-0.39, 0.29) is 12.6 Å². The molecule has 0 heterocycles. The summed E-state index contributed by atoms with van der Waals surface area (Å²) in [6.07, 6.45) is 2.17. The largest absolute Gasteiger partial charge is 0.394 e. The first-order valence-electron chi connectivity index (χ1n) is 7.16. The number of ether oxygens (including phenoxy) is 1. The SMILES string of the molecule is CCCCOCC(CO)(NC(C)C)c1ccccc1. The van der Waals surface area contributed by atoms with Gasteiger partial charge >= 0.3 is 0 Å². The fourth-order valence-electron chi connectivity index (χ4n) is 2.19. The molecule has 0 spiro atoms. The summed E-state index contributed by atoms with van der Waals surface area (Å²) >= 11 is 0. The fourth-order valence-corrected chi connectivity index (χ4v) is 2.19. The van der Waals surface area contributed by atoms with Crippen LogP contribution in [0.15, 0.2) is 30.3 Å². The van der Waals surface area contributed by atoms with Gasteiger partial charge in [-0.05, 0) is 25.8 Å². The lowest BCUT2D eigenvalue weighted by atomic mass is 9.90. The van der Waals surface area contributed by atoms with E-state index in [1.54, 1.807) is 0 Å². The molecule has 0 saturated heterocycles. The predicted octanol–water partition coefficient (Wildman–Crippen LogP) is 2.69. The molecule has 0 bridgehead atoms. The average Bonchev–Trinajstić information content (AvgIpc) is 2.43. The number of hydrogen-bond acceptors (Lipinski definition) is 3. The highest BCUT2D eigenvalue weighted by atomic mass is 16.5. The molecule has 0 amide bonds. The van der Waals surface area contributed by atoms with Gasteiger partial charge in [0.25, 0.3) is 0 Å². The van der Waals surface area contributed by atoms with Gasteiger partial charge in [0.1, 0.15) is 0 Å². The molecule has 0 radical (unpaired) electrons. The van der Waals surface area contributed by atoms with Crippen molar-refractivity contribution in [3.63, 3.8) is 0 Å². The van der Waals surface area contributed by atoms with Gasteiger partial charge in [-0.15, -0.1) is 0 Å². The summed E-state index contributed by atoms with van der Waals surface area (Å²) in [6, 6.07) is 10.3. The quantitative estimate of drug-likeness (QED) is 0.675. The molecule has 0 aliphatic heterocycles. The predicted molar refractivity (Wildman–Crippen MR) is 79.2 cm³/mol. The van der Waals surface area contributed by atoms with Crippen LogP contribution in [0, 0.1) is 0 Å². The lowest BCUT2D eigenvalue weighted by molar-refractivity contribution is 0.0279. The summed E-state index contributed by atoms with van der Waals surface area (Å²) < 4.78 is 5.76. The monoisotopic (exact) mass is 265 g/mol. The zero-order chi connectivity index (χ0) is 14.1. The van der Waals surface area contributed by atoms with Crippen molar-refractivity contribution < 1.29 is 9.84 Å². The van der Waals surface area contributed by atoms with Gasteiger partial charge in [0.05, 0.1) is 18.8 Å². The van der Waals surface area contributed by atoms with Gasteiger partial charge in [0, 0.05) is 12.6 Å². The van der Waals surface area contributed by atoms with Gasteiger partial charge in [0.2, 0.25) is 0 Å². The van der Waals surface area contributed by atoms with Gasteiger partial charge in [-0.25, -0.2) is 0 Å².